The summed E-state index contributed by atoms with van der Waals surface area (Å²) in [4.78, 5) is 0. The van der Waals surface area contributed by atoms with Gasteiger partial charge >= 0.3 is 6.18 Å². The number of furan rings is 1. The maximum absolute atomic E-state index is 12.3. The van der Waals surface area contributed by atoms with Crippen LogP contribution in [0.25, 0.3) is 11.5 Å². The highest BCUT2D eigenvalue weighted by atomic mass is 19.4. The molecular formula is C10H9F3N2O2. The van der Waals surface area contributed by atoms with E-state index in [0.29, 0.717) is 11.5 Å². The Bertz CT molecular complexity index is 502. The van der Waals surface area contributed by atoms with Gasteiger partial charge in [-0.1, -0.05) is 0 Å². The third kappa shape index (κ3) is 2.19. The first-order valence-electron chi connectivity index (χ1n) is 4.72. The SMILES string of the molecule is Cn1nc(C(O)C(F)(F)F)cc1-c1ccco1. The Morgan fingerprint density at radius 1 is 1.47 bits per heavy atom. The zero-order valence-electron chi connectivity index (χ0n) is 8.77. The first kappa shape index (κ1) is 11.7. The largest absolute Gasteiger partial charge is 0.463 e. The Morgan fingerprint density at radius 2 is 2.18 bits per heavy atom. The summed E-state index contributed by atoms with van der Waals surface area (Å²) < 4.78 is 43.2. The Morgan fingerprint density at radius 3 is 2.71 bits per heavy atom. The Labute approximate surface area is 94.3 Å². The molecule has 0 aliphatic rings. The first-order valence-corrected chi connectivity index (χ1v) is 4.72. The lowest BCUT2D eigenvalue weighted by Crippen LogP contribution is -2.20. The number of aromatic nitrogens is 2. The second kappa shape index (κ2) is 3.92. The molecule has 0 aliphatic heterocycles. The van der Waals surface area contributed by atoms with E-state index in [-0.39, 0.29) is 0 Å². The molecule has 1 N–H and O–H groups in total. The monoisotopic (exact) mass is 246 g/mol. The lowest BCUT2D eigenvalue weighted by Gasteiger charge is -2.11. The maximum atomic E-state index is 12.3. The molecule has 0 aromatic carbocycles. The zero-order chi connectivity index (χ0) is 12.6. The van der Waals surface area contributed by atoms with Crippen LogP contribution in [0, 0.1) is 0 Å². The summed E-state index contributed by atoms with van der Waals surface area (Å²) in [5, 5.41) is 12.7. The molecule has 0 amide bonds. The van der Waals surface area contributed by atoms with Crippen LogP contribution < -0.4 is 0 Å². The Kier molecular flexibility index (Phi) is 2.70. The zero-order valence-corrected chi connectivity index (χ0v) is 8.77. The third-order valence-corrected chi connectivity index (χ3v) is 2.26. The average molecular weight is 246 g/mol. The summed E-state index contributed by atoms with van der Waals surface area (Å²) in [5.41, 5.74) is -0.0836. The molecule has 0 saturated heterocycles. The lowest BCUT2D eigenvalue weighted by molar-refractivity contribution is -0.208. The first-order chi connectivity index (χ1) is 7.89. The predicted octanol–water partition coefficient (Wildman–Crippen LogP) is 2.28. The van der Waals surface area contributed by atoms with Gasteiger partial charge in [0.2, 0.25) is 0 Å². The van der Waals surface area contributed by atoms with Crippen LogP contribution in [-0.4, -0.2) is 21.1 Å². The minimum Gasteiger partial charge on any atom is -0.463 e. The number of hydrogen-bond donors (Lipinski definition) is 1. The van der Waals surface area contributed by atoms with Crippen molar-refractivity contribution < 1.29 is 22.7 Å². The number of aliphatic hydroxyl groups is 1. The average Bonchev–Trinajstić information content (AvgIpc) is 2.83. The number of halogens is 3. The Hall–Kier alpha value is -1.76. The molecule has 4 nitrogen and oxygen atoms in total. The predicted molar refractivity (Wildman–Crippen MR) is 51.9 cm³/mol. The molecule has 0 aliphatic carbocycles. The summed E-state index contributed by atoms with van der Waals surface area (Å²) >= 11 is 0. The molecule has 2 heterocycles. The molecule has 0 saturated carbocycles. The van der Waals surface area contributed by atoms with Gasteiger partial charge in [-0.2, -0.15) is 18.3 Å². The number of alkyl halides is 3. The van der Waals surface area contributed by atoms with Gasteiger partial charge in [-0.15, -0.1) is 0 Å². The normalized spacial score (nSPS) is 13.9. The fraction of sp³-hybridized carbons (Fsp3) is 0.300. The quantitative estimate of drug-likeness (QED) is 0.884. The molecule has 0 bridgehead atoms. The van der Waals surface area contributed by atoms with E-state index in [1.54, 1.807) is 12.1 Å². The minimum absolute atomic E-state index is 0.369. The minimum atomic E-state index is -4.73. The van der Waals surface area contributed by atoms with Crippen molar-refractivity contribution >= 4 is 0 Å². The number of nitrogens with zero attached hydrogens (tertiary/aromatic N) is 2. The molecule has 0 fully saturated rings. The topological polar surface area (TPSA) is 51.2 Å². The highest BCUT2D eigenvalue weighted by Gasteiger charge is 2.41. The van der Waals surface area contributed by atoms with Crippen molar-refractivity contribution in [2.75, 3.05) is 0 Å². The lowest BCUT2D eigenvalue weighted by atomic mass is 10.2. The smallest absolute Gasteiger partial charge is 0.420 e. The van der Waals surface area contributed by atoms with Crippen molar-refractivity contribution in [1.82, 2.24) is 9.78 Å². The molecule has 2 rings (SSSR count). The number of aryl methyl sites for hydroxylation is 1. The molecule has 2 aromatic rings. The number of rotatable bonds is 2. The van der Waals surface area contributed by atoms with Crippen LogP contribution in [0.5, 0.6) is 0 Å². The second-order valence-corrected chi connectivity index (χ2v) is 3.50. The van der Waals surface area contributed by atoms with Gasteiger partial charge in [-0.3, -0.25) is 4.68 Å². The van der Waals surface area contributed by atoms with Crippen LogP contribution in [-0.2, 0) is 7.05 Å². The number of aliphatic hydroxyl groups excluding tert-OH is 1. The van der Waals surface area contributed by atoms with Crippen LogP contribution >= 0.6 is 0 Å². The summed E-state index contributed by atoms with van der Waals surface area (Å²) in [7, 11) is 1.48. The van der Waals surface area contributed by atoms with Gasteiger partial charge in [-0.25, -0.2) is 0 Å². The van der Waals surface area contributed by atoms with Gasteiger partial charge in [0.25, 0.3) is 0 Å². The second-order valence-electron chi connectivity index (χ2n) is 3.50. The molecule has 1 unspecified atom stereocenters. The van der Waals surface area contributed by atoms with E-state index in [4.69, 9.17) is 9.52 Å². The van der Waals surface area contributed by atoms with E-state index in [2.05, 4.69) is 5.10 Å². The van der Waals surface area contributed by atoms with Gasteiger partial charge in [0.05, 0.1) is 6.26 Å². The van der Waals surface area contributed by atoms with Gasteiger partial charge < -0.3 is 9.52 Å². The molecule has 0 spiro atoms. The third-order valence-electron chi connectivity index (χ3n) is 2.26. The van der Waals surface area contributed by atoms with Gasteiger partial charge in [0.1, 0.15) is 11.4 Å². The molecule has 7 heteroatoms. The summed E-state index contributed by atoms with van der Waals surface area (Å²) in [5.74, 6) is 0.389. The molecule has 17 heavy (non-hydrogen) atoms. The van der Waals surface area contributed by atoms with Crippen LogP contribution in [0.1, 0.15) is 11.8 Å². The summed E-state index contributed by atoms with van der Waals surface area (Å²) in [6.45, 7) is 0. The maximum Gasteiger partial charge on any atom is 0.420 e. The van der Waals surface area contributed by atoms with Crippen LogP contribution in [0.3, 0.4) is 0 Å². The van der Waals surface area contributed by atoms with Crippen molar-refractivity contribution in [3.8, 4) is 11.5 Å². The summed E-state index contributed by atoms with van der Waals surface area (Å²) in [6.07, 6.45) is -5.91. The van der Waals surface area contributed by atoms with E-state index in [9.17, 15) is 13.2 Å². The van der Waals surface area contributed by atoms with Crippen molar-refractivity contribution in [2.45, 2.75) is 12.3 Å². The fourth-order valence-electron chi connectivity index (χ4n) is 1.45. The van der Waals surface area contributed by atoms with Crippen molar-refractivity contribution in [2.24, 2.45) is 7.05 Å². The van der Waals surface area contributed by atoms with E-state index < -0.39 is 18.0 Å². The molecular weight excluding hydrogens is 237 g/mol. The van der Waals surface area contributed by atoms with Crippen LogP contribution in [0.2, 0.25) is 0 Å². The van der Waals surface area contributed by atoms with Crippen LogP contribution in [0.15, 0.2) is 28.9 Å². The standard InChI is InChI=1S/C10H9F3N2O2/c1-15-7(8-3-2-4-17-8)5-6(14-15)9(16)10(11,12)13/h2-5,9,16H,1H3. The molecule has 0 radical (unpaired) electrons. The van der Waals surface area contributed by atoms with E-state index >= 15 is 0 Å². The molecule has 92 valence electrons. The fourth-order valence-corrected chi connectivity index (χ4v) is 1.45. The van der Waals surface area contributed by atoms with Crippen molar-refractivity contribution in [1.29, 1.82) is 0 Å². The molecule has 2 aromatic heterocycles. The summed E-state index contributed by atoms with van der Waals surface area (Å²) in [6, 6.07) is 4.36. The van der Waals surface area contributed by atoms with Gasteiger partial charge in [-0.05, 0) is 18.2 Å². The van der Waals surface area contributed by atoms with E-state index in [1.165, 1.54) is 18.0 Å². The number of hydrogen-bond acceptors (Lipinski definition) is 3. The van der Waals surface area contributed by atoms with Crippen LogP contribution in [0.4, 0.5) is 13.2 Å². The van der Waals surface area contributed by atoms with E-state index in [1.807, 2.05) is 0 Å². The van der Waals surface area contributed by atoms with Gasteiger partial charge in [0, 0.05) is 7.05 Å². The Balaban J connectivity index is 2.38. The highest BCUT2D eigenvalue weighted by molar-refractivity contribution is 5.53. The van der Waals surface area contributed by atoms with E-state index in [0.717, 1.165) is 6.07 Å². The van der Waals surface area contributed by atoms with Gasteiger partial charge in [0.15, 0.2) is 11.9 Å². The van der Waals surface area contributed by atoms with Crippen molar-refractivity contribution in [3.05, 3.63) is 30.2 Å². The highest BCUT2D eigenvalue weighted by Crippen LogP contribution is 2.33. The van der Waals surface area contributed by atoms with Crippen molar-refractivity contribution in [3.63, 3.8) is 0 Å². The molecule has 1 atom stereocenters.